The van der Waals surface area contributed by atoms with Crippen molar-refractivity contribution in [2.75, 3.05) is 0 Å². The molecule has 0 aliphatic heterocycles. The zero-order valence-corrected chi connectivity index (χ0v) is 15.1. The van der Waals surface area contributed by atoms with Crippen molar-refractivity contribution < 1.29 is 4.42 Å². The molecule has 0 bridgehead atoms. The molecule has 0 saturated heterocycles. The average Bonchev–Trinajstić information content (AvgIpc) is 3.37. The molecule has 1 heterocycles. The molecule has 118 valence electrons. The van der Waals surface area contributed by atoms with Crippen LogP contribution >= 0.6 is 15.9 Å². The third-order valence-corrected chi connectivity index (χ3v) is 5.72. The van der Waals surface area contributed by atoms with E-state index in [2.05, 4.69) is 65.3 Å². The van der Waals surface area contributed by atoms with E-state index in [4.69, 9.17) is 4.42 Å². The molecule has 4 aromatic rings. The van der Waals surface area contributed by atoms with Crippen molar-refractivity contribution in [1.29, 1.82) is 0 Å². The molecule has 24 heavy (non-hydrogen) atoms. The van der Waals surface area contributed by atoms with Gasteiger partial charge in [-0.1, -0.05) is 42.5 Å². The lowest BCUT2D eigenvalue weighted by atomic mass is 9.91. The predicted molar refractivity (Wildman–Crippen MR) is 104 cm³/mol. The molecule has 0 unspecified atom stereocenters. The quantitative estimate of drug-likeness (QED) is 0.360. The standard InChI is InChI=1S/C22H17BrO/c1-13-18(16-7-3-2-6-15(16)14-10-11-14)12-19(23)22-21(13)17-8-4-5-9-20(17)24-22/h2-9,12,14H,10-11H2,1H3. The summed E-state index contributed by atoms with van der Waals surface area (Å²) in [5.74, 6) is 0.733. The largest absolute Gasteiger partial charge is 0.455 e. The molecule has 2 heteroatoms. The molecular weight excluding hydrogens is 360 g/mol. The Morgan fingerprint density at radius 1 is 0.958 bits per heavy atom. The Bertz CT molecular complexity index is 1090. The average molecular weight is 377 g/mol. The third-order valence-electron chi connectivity index (χ3n) is 5.13. The molecule has 3 aromatic carbocycles. The summed E-state index contributed by atoms with van der Waals surface area (Å²) < 4.78 is 7.13. The van der Waals surface area contributed by atoms with Crippen LogP contribution in [0.3, 0.4) is 0 Å². The number of halogens is 1. The van der Waals surface area contributed by atoms with Gasteiger partial charge in [-0.05, 0) is 76.0 Å². The lowest BCUT2D eigenvalue weighted by Gasteiger charge is -2.13. The Morgan fingerprint density at radius 2 is 1.71 bits per heavy atom. The molecule has 1 saturated carbocycles. The molecule has 1 aromatic heterocycles. The van der Waals surface area contributed by atoms with E-state index in [-0.39, 0.29) is 0 Å². The first kappa shape index (κ1) is 14.3. The number of fused-ring (bicyclic) bond motifs is 3. The second-order valence-corrected chi connectivity index (χ2v) is 7.55. The molecule has 0 radical (unpaired) electrons. The van der Waals surface area contributed by atoms with Crippen molar-refractivity contribution in [3.63, 3.8) is 0 Å². The zero-order valence-electron chi connectivity index (χ0n) is 13.5. The van der Waals surface area contributed by atoms with Gasteiger partial charge in [0.15, 0.2) is 0 Å². The predicted octanol–water partition coefficient (Wildman–Crippen LogP) is 7.20. The Kier molecular flexibility index (Phi) is 3.11. The molecule has 0 amide bonds. The van der Waals surface area contributed by atoms with Gasteiger partial charge < -0.3 is 4.42 Å². The minimum atomic E-state index is 0.733. The van der Waals surface area contributed by atoms with Crippen molar-refractivity contribution in [3.8, 4) is 11.1 Å². The van der Waals surface area contributed by atoms with Gasteiger partial charge in [0.05, 0.1) is 4.47 Å². The number of furan rings is 1. The summed E-state index contributed by atoms with van der Waals surface area (Å²) in [6.07, 6.45) is 2.63. The van der Waals surface area contributed by atoms with Gasteiger partial charge in [0.25, 0.3) is 0 Å². The molecule has 5 rings (SSSR count). The van der Waals surface area contributed by atoms with Crippen molar-refractivity contribution in [1.82, 2.24) is 0 Å². The molecule has 1 aliphatic rings. The molecule has 0 N–H and O–H groups in total. The van der Waals surface area contributed by atoms with Crippen molar-refractivity contribution in [3.05, 3.63) is 70.2 Å². The van der Waals surface area contributed by atoms with Gasteiger partial charge in [0.1, 0.15) is 11.2 Å². The van der Waals surface area contributed by atoms with Crippen LogP contribution in [0.15, 0.2) is 63.5 Å². The van der Waals surface area contributed by atoms with Crippen molar-refractivity contribution in [2.24, 2.45) is 0 Å². The van der Waals surface area contributed by atoms with Crippen LogP contribution in [0.5, 0.6) is 0 Å². The van der Waals surface area contributed by atoms with E-state index >= 15 is 0 Å². The summed E-state index contributed by atoms with van der Waals surface area (Å²) in [6, 6.07) is 19.4. The Morgan fingerprint density at radius 3 is 2.54 bits per heavy atom. The summed E-state index contributed by atoms with van der Waals surface area (Å²) in [5, 5.41) is 2.41. The highest BCUT2D eigenvalue weighted by Gasteiger charge is 2.27. The van der Waals surface area contributed by atoms with Crippen molar-refractivity contribution in [2.45, 2.75) is 25.7 Å². The maximum atomic E-state index is 6.10. The van der Waals surface area contributed by atoms with E-state index in [1.165, 1.54) is 45.9 Å². The fraction of sp³-hybridized carbons (Fsp3) is 0.182. The first-order valence-electron chi connectivity index (χ1n) is 8.43. The maximum absolute atomic E-state index is 6.10. The molecule has 1 fully saturated rings. The Hall–Kier alpha value is -2.06. The molecular formula is C22H17BrO. The van der Waals surface area contributed by atoms with Crippen LogP contribution in [-0.4, -0.2) is 0 Å². The van der Waals surface area contributed by atoms with Gasteiger partial charge in [-0.25, -0.2) is 0 Å². The van der Waals surface area contributed by atoms with Crippen LogP contribution in [0.4, 0.5) is 0 Å². The van der Waals surface area contributed by atoms with Crippen LogP contribution < -0.4 is 0 Å². The van der Waals surface area contributed by atoms with Crippen LogP contribution in [-0.2, 0) is 0 Å². The first-order chi connectivity index (χ1) is 11.7. The SMILES string of the molecule is Cc1c(-c2ccccc2C2CC2)cc(Br)c2oc3ccccc3c12. The minimum absolute atomic E-state index is 0.733. The van der Waals surface area contributed by atoms with Gasteiger partial charge >= 0.3 is 0 Å². The highest BCUT2D eigenvalue weighted by atomic mass is 79.9. The number of hydrogen-bond donors (Lipinski definition) is 0. The lowest BCUT2D eigenvalue weighted by Crippen LogP contribution is -1.91. The summed E-state index contributed by atoms with van der Waals surface area (Å²) in [7, 11) is 0. The van der Waals surface area contributed by atoms with Crippen LogP contribution in [0.2, 0.25) is 0 Å². The minimum Gasteiger partial charge on any atom is -0.455 e. The lowest BCUT2D eigenvalue weighted by molar-refractivity contribution is 0.666. The first-order valence-corrected chi connectivity index (χ1v) is 9.23. The number of benzene rings is 3. The number of aryl methyl sites for hydroxylation is 1. The van der Waals surface area contributed by atoms with E-state index in [9.17, 15) is 0 Å². The van der Waals surface area contributed by atoms with E-state index in [0.717, 1.165) is 21.6 Å². The summed E-state index contributed by atoms with van der Waals surface area (Å²) in [4.78, 5) is 0. The normalized spacial score (nSPS) is 14.6. The smallest absolute Gasteiger partial charge is 0.149 e. The van der Waals surface area contributed by atoms with Gasteiger partial charge in [-0.15, -0.1) is 0 Å². The van der Waals surface area contributed by atoms with Gasteiger partial charge in [-0.2, -0.15) is 0 Å². The van der Waals surface area contributed by atoms with E-state index in [1.54, 1.807) is 0 Å². The molecule has 1 nitrogen and oxygen atoms in total. The fourth-order valence-corrected chi connectivity index (χ4v) is 4.30. The number of hydrogen-bond acceptors (Lipinski definition) is 1. The van der Waals surface area contributed by atoms with Crippen molar-refractivity contribution >= 4 is 37.9 Å². The Balaban J connectivity index is 1.87. The zero-order chi connectivity index (χ0) is 16.3. The molecule has 0 atom stereocenters. The van der Waals surface area contributed by atoms with Gasteiger partial charge in [-0.3, -0.25) is 0 Å². The van der Waals surface area contributed by atoms with Gasteiger partial charge in [0.2, 0.25) is 0 Å². The highest BCUT2D eigenvalue weighted by molar-refractivity contribution is 9.10. The van der Waals surface area contributed by atoms with Gasteiger partial charge in [0, 0.05) is 10.8 Å². The van der Waals surface area contributed by atoms with Crippen LogP contribution in [0.1, 0.15) is 29.9 Å². The van der Waals surface area contributed by atoms with Crippen LogP contribution in [0.25, 0.3) is 33.1 Å². The maximum Gasteiger partial charge on any atom is 0.149 e. The highest BCUT2D eigenvalue weighted by Crippen LogP contribution is 2.47. The topological polar surface area (TPSA) is 13.1 Å². The number of rotatable bonds is 2. The molecule has 0 spiro atoms. The second-order valence-electron chi connectivity index (χ2n) is 6.69. The van der Waals surface area contributed by atoms with E-state index in [0.29, 0.717) is 0 Å². The molecule has 1 aliphatic carbocycles. The summed E-state index contributed by atoms with van der Waals surface area (Å²) in [5.41, 5.74) is 7.35. The monoisotopic (exact) mass is 376 g/mol. The summed E-state index contributed by atoms with van der Waals surface area (Å²) >= 11 is 3.74. The fourth-order valence-electron chi connectivity index (χ4n) is 3.79. The van der Waals surface area contributed by atoms with E-state index < -0.39 is 0 Å². The third kappa shape index (κ3) is 2.06. The van der Waals surface area contributed by atoms with E-state index in [1.807, 2.05) is 12.1 Å². The number of para-hydroxylation sites is 1. The van der Waals surface area contributed by atoms with Crippen LogP contribution in [0, 0.1) is 6.92 Å². The Labute approximate surface area is 149 Å². The summed E-state index contributed by atoms with van der Waals surface area (Å²) in [6.45, 7) is 2.22. The second kappa shape index (κ2) is 5.22.